The van der Waals surface area contributed by atoms with Gasteiger partial charge in [0.05, 0.1) is 18.4 Å². The lowest BCUT2D eigenvalue weighted by Crippen LogP contribution is -2.47. The lowest BCUT2D eigenvalue weighted by Gasteiger charge is -2.36. The number of rotatable bonds is 8. The van der Waals surface area contributed by atoms with Gasteiger partial charge in [-0.15, -0.1) is 5.10 Å². The molecule has 0 saturated carbocycles. The van der Waals surface area contributed by atoms with Crippen molar-refractivity contribution in [2.24, 2.45) is 0 Å². The van der Waals surface area contributed by atoms with Crippen LogP contribution in [0.1, 0.15) is 19.4 Å². The van der Waals surface area contributed by atoms with E-state index in [1.165, 1.54) is 23.1 Å². The fourth-order valence-corrected chi connectivity index (χ4v) is 3.91. The van der Waals surface area contributed by atoms with Crippen molar-refractivity contribution in [1.29, 1.82) is 0 Å². The van der Waals surface area contributed by atoms with Crippen molar-refractivity contribution in [3.8, 4) is 5.69 Å². The number of ether oxygens (including phenoxy) is 1. The Balaban J connectivity index is 1.40. The zero-order valence-corrected chi connectivity index (χ0v) is 19.3. The Morgan fingerprint density at radius 1 is 0.970 bits per heavy atom. The number of anilines is 3. The van der Waals surface area contributed by atoms with Gasteiger partial charge in [0.2, 0.25) is 5.95 Å². The second kappa shape index (κ2) is 10.3. The van der Waals surface area contributed by atoms with Gasteiger partial charge in [-0.2, -0.15) is 4.98 Å². The van der Waals surface area contributed by atoms with Crippen LogP contribution in [0.25, 0.3) is 5.69 Å². The second-order valence-electron chi connectivity index (χ2n) is 8.57. The first kappa shape index (κ1) is 23.1. The summed E-state index contributed by atoms with van der Waals surface area (Å²) in [7, 11) is 0. The number of hydrogen-bond donors (Lipinski definition) is 1. The van der Waals surface area contributed by atoms with Crippen molar-refractivity contribution >= 4 is 17.3 Å². The summed E-state index contributed by atoms with van der Waals surface area (Å²) in [6.07, 6.45) is 1.69. The maximum Gasteiger partial charge on any atom is 0.246 e. The van der Waals surface area contributed by atoms with Gasteiger partial charge in [-0.3, -0.25) is 4.90 Å². The molecule has 0 aliphatic carbocycles. The standard InChI is InChI=1S/C24H30F2N6O/c1-17(2)33-9-8-30-4-6-31(7-5-30)22-11-18(3)10-21(15-22)28-24-27-16-32(29-24)23-13-19(25)12-20(26)14-23/h10-17H,4-9H2,1-3H3,(H,28,29). The zero-order valence-electron chi connectivity index (χ0n) is 19.3. The maximum absolute atomic E-state index is 13.5. The maximum atomic E-state index is 13.5. The number of aryl methyl sites for hydroxylation is 1. The van der Waals surface area contributed by atoms with Crippen molar-refractivity contribution in [1.82, 2.24) is 19.7 Å². The van der Waals surface area contributed by atoms with E-state index in [1.54, 1.807) is 0 Å². The number of hydrogen-bond acceptors (Lipinski definition) is 6. The van der Waals surface area contributed by atoms with Gasteiger partial charge in [-0.1, -0.05) is 0 Å². The van der Waals surface area contributed by atoms with Gasteiger partial charge < -0.3 is 15.0 Å². The van der Waals surface area contributed by atoms with E-state index in [0.29, 0.717) is 5.95 Å². The van der Waals surface area contributed by atoms with Crippen LogP contribution in [-0.4, -0.2) is 65.1 Å². The predicted molar refractivity (Wildman–Crippen MR) is 125 cm³/mol. The second-order valence-corrected chi connectivity index (χ2v) is 8.57. The Morgan fingerprint density at radius 3 is 2.39 bits per heavy atom. The highest BCUT2D eigenvalue weighted by molar-refractivity contribution is 5.64. The Morgan fingerprint density at radius 2 is 1.70 bits per heavy atom. The first-order chi connectivity index (χ1) is 15.9. The van der Waals surface area contributed by atoms with Crippen LogP contribution in [0.2, 0.25) is 0 Å². The summed E-state index contributed by atoms with van der Waals surface area (Å²) in [6, 6.07) is 9.51. The monoisotopic (exact) mass is 456 g/mol. The summed E-state index contributed by atoms with van der Waals surface area (Å²) in [4.78, 5) is 9.04. The number of benzene rings is 2. The largest absolute Gasteiger partial charge is 0.377 e. The first-order valence-electron chi connectivity index (χ1n) is 11.2. The van der Waals surface area contributed by atoms with Crippen LogP contribution in [0.5, 0.6) is 0 Å². The highest BCUT2D eigenvalue weighted by Crippen LogP contribution is 2.25. The molecule has 176 valence electrons. The minimum atomic E-state index is -0.661. The van der Waals surface area contributed by atoms with Gasteiger partial charge in [0.15, 0.2) is 0 Å². The van der Waals surface area contributed by atoms with Crippen molar-refractivity contribution in [2.75, 3.05) is 49.5 Å². The minimum absolute atomic E-state index is 0.264. The quantitative estimate of drug-likeness (QED) is 0.550. The van der Waals surface area contributed by atoms with Crippen LogP contribution in [0, 0.1) is 18.6 Å². The normalized spacial score (nSPS) is 14.8. The zero-order chi connectivity index (χ0) is 23.4. The van der Waals surface area contributed by atoms with E-state index in [-0.39, 0.29) is 11.8 Å². The summed E-state index contributed by atoms with van der Waals surface area (Å²) < 4.78 is 34.1. The third kappa shape index (κ3) is 6.27. The molecule has 1 N–H and O–H groups in total. The summed E-state index contributed by atoms with van der Waals surface area (Å²) in [5.74, 6) is -0.969. The third-order valence-corrected chi connectivity index (χ3v) is 5.52. The van der Waals surface area contributed by atoms with Crippen molar-refractivity contribution in [3.05, 3.63) is 59.9 Å². The number of halogens is 2. The van der Waals surface area contributed by atoms with Crippen LogP contribution in [-0.2, 0) is 4.74 Å². The molecule has 0 amide bonds. The van der Waals surface area contributed by atoms with E-state index in [4.69, 9.17) is 4.74 Å². The Bertz CT molecular complexity index is 1060. The Hall–Kier alpha value is -3.04. The molecule has 1 aliphatic rings. The molecule has 4 rings (SSSR count). The van der Waals surface area contributed by atoms with E-state index in [0.717, 1.165) is 62.3 Å². The smallest absolute Gasteiger partial charge is 0.246 e. The van der Waals surface area contributed by atoms with Gasteiger partial charge in [-0.05, 0) is 56.7 Å². The fraction of sp³-hybridized carbons (Fsp3) is 0.417. The molecule has 2 aromatic carbocycles. The third-order valence-electron chi connectivity index (χ3n) is 5.52. The number of nitrogens with one attached hydrogen (secondary N) is 1. The average Bonchev–Trinajstić information content (AvgIpc) is 3.21. The molecule has 7 nitrogen and oxygen atoms in total. The van der Waals surface area contributed by atoms with Crippen LogP contribution >= 0.6 is 0 Å². The van der Waals surface area contributed by atoms with Crippen LogP contribution in [0.15, 0.2) is 42.7 Å². The number of nitrogens with zero attached hydrogens (tertiary/aromatic N) is 5. The molecule has 1 saturated heterocycles. The van der Waals surface area contributed by atoms with E-state index in [2.05, 4.69) is 58.1 Å². The van der Waals surface area contributed by atoms with Crippen LogP contribution in [0.4, 0.5) is 26.1 Å². The molecule has 1 aliphatic heterocycles. The molecule has 33 heavy (non-hydrogen) atoms. The molecule has 0 spiro atoms. The van der Waals surface area contributed by atoms with E-state index < -0.39 is 11.6 Å². The summed E-state index contributed by atoms with van der Waals surface area (Å²) >= 11 is 0. The average molecular weight is 457 g/mol. The molecule has 9 heteroatoms. The molecule has 0 atom stereocenters. The number of aromatic nitrogens is 3. The van der Waals surface area contributed by atoms with Crippen LogP contribution in [0.3, 0.4) is 0 Å². The summed E-state index contributed by atoms with van der Waals surface area (Å²) in [5, 5.41) is 7.52. The molecule has 0 radical (unpaired) electrons. The van der Waals surface area contributed by atoms with Gasteiger partial charge in [0.25, 0.3) is 0 Å². The molecule has 1 fully saturated rings. The highest BCUT2D eigenvalue weighted by Gasteiger charge is 2.18. The lowest BCUT2D eigenvalue weighted by molar-refractivity contribution is 0.0579. The van der Waals surface area contributed by atoms with E-state index in [9.17, 15) is 8.78 Å². The molecule has 1 aromatic heterocycles. The van der Waals surface area contributed by atoms with Gasteiger partial charge >= 0.3 is 0 Å². The predicted octanol–water partition coefficient (Wildman–Crippen LogP) is 4.14. The molecule has 2 heterocycles. The Kier molecular flexibility index (Phi) is 7.20. The van der Waals surface area contributed by atoms with Crippen LogP contribution < -0.4 is 10.2 Å². The SMILES string of the molecule is Cc1cc(Nc2ncn(-c3cc(F)cc(F)c3)n2)cc(N2CCN(CCOC(C)C)CC2)c1. The Labute approximate surface area is 193 Å². The van der Waals surface area contributed by atoms with Crippen molar-refractivity contribution < 1.29 is 13.5 Å². The summed E-state index contributed by atoms with van der Waals surface area (Å²) in [6.45, 7) is 11.8. The van der Waals surface area contributed by atoms with Crippen molar-refractivity contribution in [2.45, 2.75) is 26.9 Å². The first-order valence-corrected chi connectivity index (χ1v) is 11.2. The molecule has 0 bridgehead atoms. The molecular formula is C24H30F2N6O. The molecule has 3 aromatic rings. The molecule has 0 unspecified atom stereocenters. The summed E-state index contributed by atoms with van der Waals surface area (Å²) in [5.41, 5.74) is 3.40. The number of piperazine rings is 1. The topological polar surface area (TPSA) is 58.5 Å². The van der Waals surface area contributed by atoms with Gasteiger partial charge in [0, 0.05) is 50.2 Å². The fourth-order valence-electron chi connectivity index (χ4n) is 3.91. The molecular weight excluding hydrogens is 426 g/mol. The van der Waals surface area contributed by atoms with Gasteiger partial charge in [-0.25, -0.2) is 13.5 Å². The van der Waals surface area contributed by atoms with E-state index >= 15 is 0 Å². The van der Waals surface area contributed by atoms with E-state index in [1.807, 2.05) is 6.07 Å². The van der Waals surface area contributed by atoms with Gasteiger partial charge in [0.1, 0.15) is 18.0 Å². The minimum Gasteiger partial charge on any atom is -0.377 e. The lowest BCUT2D eigenvalue weighted by atomic mass is 10.1. The highest BCUT2D eigenvalue weighted by atomic mass is 19.1. The van der Waals surface area contributed by atoms with Crippen molar-refractivity contribution in [3.63, 3.8) is 0 Å².